The minimum atomic E-state index is -0.403. The fourth-order valence-corrected chi connectivity index (χ4v) is 4.52. The molecule has 0 bridgehead atoms. The number of nitrogens with zero attached hydrogens (tertiary/aromatic N) is 2. The van der Waals surface area contributed by atoms with Crippen LogP contribution in [0.15, 0.2) is 60.1 Å². The van der Waals surface area contributed by atoms with Gasteiger partial charge in [-0.25, -0.2) is 9.97 Å². The molecule has 1 aliphatic rings. The van der Waals surface area contributed by atoms with Gasteiger partial charge in [-0.15, -0.1) is 11.3 Å². The van der Waals surface area contributed by atoms with Crippen LogP contribution in [0.1, 0.15) is 32.0 Å². The molecule has 164 valence electrons. The molecule has 2 aromatic carbocycles. The number of ketones is 1. The summed E-state index contributed by atoms with van der Waals surface area (Å²) in [7, 11) is 1.56. The van der Waals surface area contributed by atoms with Gasteiger partial charge in [0.15, 0.2) is 10.9 Å². The zero-order valence-corrected chi connectivity index (χ0v) is 19.0. The van der Waals surface area contributed by atoms with Crippen LogP contribution in [0, 0.1) is 0 Å². The standard InChI is InChI=1S/C24H17ClN4O3S/c1-32-19-7-6-13(10-16(19)25)12-27-17-11-18(23(31)29-24-26-8-9-33-24)28-21-14-4-2-3-5-15(14)22(30)20(17)21/h2-11H,12H2,1H3,(H,27,28)(H,26,29,31). The molecule has 0 unspecified atom stereocenters. The van der Waals surface area contributed by atoms with Crippen LogP contribution in [0.2, 0.25) is 5.02 Å². The first-order chi connectivity index (χ1) is 16.0. The van der Waals surface area contributed by atoms with Crippen LogP contribution in [0.4, 0.5) is 10.8 Å². The summed E-state index contributed by atoms with van der Waals surface area (Å²) >= 11 is 7.56. The second-order valence-corrected chi connectivity index (χ2v) is 8.57. The Morgan fingerprint density at radius 3 is 2.70 bits per heavy atom. The lowest BCUT2D eigenvalue weighted by atomic mass is 10.1. The molecule has 7 nitrogen and oxygen atoms in total. The molecule has 0 saturated carbocycles. The summed E-state index contributed by atoms with van der Waals surface area (Å²) in [5.41, 5.74) is 3.80. The molecule has 0 aliphatic heterocycles. The number of carbonyl (C=O) groups is 2. The Balaban J connectivity index is 1.53. The number of benzene rings is 2. The topological polar surface area (TPSA) is 93.2 Å². The second kappa shape index (κ2) is 8.65. The predicted molar refractivity (Wildman–Crippen MR) is 129 cm³/mol. The zero-order chi connectivity index (χ0) is 22.9. The van der Waals surface area contributed by atoms with Crippen LogP contribution < -0.4 is 15.4 Å². The highest BCUT2D eigenvalue weighted by Crippen LogP contribution is 2.39. The highest BCUT2D eigenvalue weighted by molar-refractivity contribution is 7.13. The molecule has 0 saturated heterocycles. The predicted octanol–water partition coefficient (Wildman–Crippen LogP) is 5.28. The maximum atomic E-state index is 13.2. The van der Waals surface area contributed by atoms with Gasteiger partial charge < -0.3 is 10.1 Å². The fraction of sp³-hybridized carbons (Fsp3) is 0.0833. The normalized spacial score (nSPS) is 11.6. The molecule has 1 amide bonds. The number of halogens is 1. The Labute approximate surface area is 198 Å². The van der Waals surface area contributed by atoms with E-state index in [9.17, 15) is 9.59 Å². The third-order valence-electron chi connectivity index (χ3n) is 5.26. The van der Waals surface area contributed by atoms with Gasteiger partial charge in [-0.3, -0.25) is 14.9 Å². The highest BCUT2D eigenvalue weighted by atomic mass is 35.5. The van der Waals surface area contributed by atoms with Gasteiger partial charge in [-0.1, -0.05) is 41.9 Å². The molecule has 4 aromatic rings. The number of hydrogen-bond donors (Lipinski definition) is 2. The van der Waals surface area contributed by atoms with Crippen LogP contribution in [0.3, 0.4) is 0 Å². The van der Waals surface area contributed by atoms with Crippen molar-refractivity contribution in [2.45, 2.75) is 6.54 Å². The zero-order valence-electron chi connectivity index (χ0n) is 17.4. The molecule has 0 fully saturated rings. The summed E-state index contributed by atoms with van der Waals surface area (Å²) in [4.78, 5) is 34.7. The van der Waals surface area contributed by atoms with E-state index in [-0.39, 0.29) is 11.5 Å². The van der Waals surface area contributed by atoms with Crippen molar-refractivity contribution < 1.29 is 14.3 Å². The molecule has 9 heteroatoms. The first-order valence-corrected chi connectivity index (χ1v) is 11.3. The Morgan fingerprint density at radius 1 is 1.15 bits per heavy atom. The van der Waals surface area contributed by atoms with Gasteiger partial charge in [0.2, 0.25) is 0 Å². The van der Waals surface area contributed by atoms with Crippen molar-refractivity contribution >= 4 is 45.4 Å². The first kappa shape index (κ1) is 21.1. The maximum Gasteiger partial charge on any atom is 0.276 e. The Morgan fingerprint density at radius 2 is 1.97 bits per heavy atom. The van der Waals surface area contributed by atoms with E-state index in [1.165, 1.54) is 11.3 Å². The van der Waals surface area contributed by atoms with Gasteiger partial charge in [0.05, 0.1) is 29.1 Å². The number of anilines is 2. The van der Waals surface area contributed by atoms with E-state index in [0.717, 1.165) is 5.56 Å². The molecule has 2 aromatic heterocycles. The minimum absolute atomic E-state index is 0.129. The first-order valence-electron chi connectivity index (χ1n) is 10.0. The summed E-state index contributed by atoms with van der Waals surface area (Å²) in [5.74, 6) is 0.0485. The van der Waals surface area contributed by atoms with E-state index in [0.29, 0.717) is 50.5 Å². The lowest BCUT2D eigenvalue weighted by Crippen LogP contribution is -2.16. The van der Waals surface area contributed by atoms with Gasteiger partial charge >= 0.3 is 0 Å². The lowest BCUT2D eigenvalue weighted by molar-refractivity contribution is 0.101. The highest BCUT2D eigenvalue weighted by Gasteiger charge is 2.32. The number of methoxy groups -OCH3 is 1. The van der Waals surface area contributed by atoms with E-state index in [1.54, 1.807) is 43.0 Å². The van der Waals surface area contributed by atoms with Gasteiger partial charge in [-0.05, 0) is 23.8 Å². The number of thiazole rings is 1. The van der Waals surface area contributed by atoms with Crippen molar-refractivity contribution in [3.05, 3.63) is 87.5 Å². The second-order valence-electron chi connectivity index (χ2n) is 7.27. The van der Waals surface area contributed by atoms with Crippen LogP contribution >= 0.6 is 22.9 Å². The minimum Gasteiger partial charge on any atom is -0.495 e. The molecule has 0 spiro atoms. The molecule has 5 rings (SSSR count). The monoisotopic (exact) mass is 476 g/mol. The summed E-state index contributed by atoms with van der Waals surface area (Å²) in [5, 5.41) is 8.77. The van der Waals surface area contributed by atoms with Gasteiger partial charge in [0.25, 0.3) is 5.91 Å². The van der Waals surface area contributed by atoms with Crippen molar-refractivity contribution in [3.8, 4) is 17.0 Å². The smallest absolute Gasteiger partial charge is 0.276 e. The largest absolute Gasteiger partial charge is 0.495 e. The molecular weight excluding hydrogens is 460 g/mol. The quantitative estimate of drug-likeness (QED) is 0.346. The average molecular weight is 477 g/mol. The number of carbonyl (C=O) groups excluding carboxylic acids is 2. The summed E-state index contributed by atoms with van der Waals surface area (Å²) in [6.07, 6.45) is 1.61. The molecular formula is C24H17ClN4O3S. The molecule has 0 atom stereocenters. The lowest BCUT2D eigenvalue weighted by Gasteiger charge is -2.13. The third kappa shape index (κ3) is 3.94. The average Bonchev–Trinajstić information content (AvgIpc) is 3.44. The summed E-state index contributed by atoms with van der Waals surface area (Å²) in [6.45, 7) is 0.386. The summed E-state index contributed by atoms with van der Waals surface area (Å²) in [6, 6.07) is 14.3. The number of nitrogens with one attached hydrogen (secondary N) is 2. The fourth-order valence-electron chi connectivity index (χ4n) is 3.71. The van der Waals surface area contributed by atoms with Crippen LogP contribution in [-0.2, 0) is 6.54 Å². The number of aromatic nitrogens is 2. The van der Waals surface area contributed by atoms with Crippen molar-refractivity contribution in [1.29, 1.82) is 0 Å². The molecule has 2 heterocycles. The third-order valence-corrected chi connectivity index (χ3v) is 6.24. The van der Waals surface area contributed by atoms with Crippen molar-refractivity contribution in [1.82, 2.24) is 9.97 Å². The van der Waals surface area contributed by atoms with Crippen molar-refractivity contribution in [2.24, 2.45) is 0 Å². The number of ether oxygens (including phenoxy) is 1. The van der Waals surface area contributed by atoms with E-state index >= 15 is 0 Å². The molecule has 1 aliphatic carbocycles. The van der Waals surface area contributed by atoms with Crippen LogP contribution in [0.5, 0.6) is 5.75 Å². The number of pyridine rings is 1. The van der Waals surface area contributed by atoms with E-state index in [4.69, 9.17) is 16.3 Å². The molecule has 33 heavy (non-hydrogen) atoms. The number of amides is 1. The summed E-state index contributed by atoms with van der Waals surface area (Å²) < 4.78 is 5.20. The van der Waals surface area contributed by atoms with Crippen LogP contribution in [-0.4, -0.2) is 28.8 Å². The van der Waals surface area contributed by atoms with Crippen LogP contribution in [0.25, 0.3) is 11.3 Å². The van der Waals surface area contributed by atoms with E-state index in [2.05, 4.69) is 20.6 Å². The maximum absolute atomic E-state index is 13.2. The number of rotatable bonds is 6. The van der Waals surface area contributed by atoms with Gasteiger partial charge in [0, 0.05) is 29.2 Å². The van der Waals surface area contributed by atoms with E-state index in [1.807, 2.05) is 24.3 Å². The Kier molecular flexibility index (Phi) is 5.53. The van der Waals surface area contributed by atoms with Gasteiger partial charge in [0.1, 0.15) is 11.4 Å². The number of hydrogen-bond acceptors (Lipinski definition) is 7. The van der Waals surface area contributed by atoms with Gasteiger partial charge in [-0.2, -0.15) is 0 Å². The van der Waals surface area contributed by atoms with Crippen molar-refractivity contribution in [2.75, 3.05) is 17.7 Å². The SMILES string of the molecule is COc1ccc(CNc2cc(C(=O)Nc3nccs3)nc3c2C(=O)c2ccccc2-3)cc1Cl. The van der Waals surface area contributed by atoms with E-state index < -0.39 is 5.91 Å². The Hall–Kier alpha value is -3.75. The molecule has 2 N–H and O–H groups in total. The molecule has 0 radical (unpaired) electrons. The Bertz CT molecular complexity index is 1390. The van der Waals surface area contributed by atoms with Crippen molar-refractivity contribution in [3.63, 3.8) is 0 Å². The number of fused-ring (bicyclic) bond motifs is 3.